The van der Waals surface area contributed by atoms with Crippen molar-refractivity contribution >= 4 is 28.0 Å². The lowest BCUT2D eigenvalue weighted by Gasteiger charge is -2.31. The number of hydrogen-bond acceptors (Lipinski definition) is 8. The predicted molar refractivity (Wildman–Crippen MR) is 85.5 cm³/mol. The first kappa shape index (κ1) is 21.8. The molecule has 13 heteroatoms. The number of alkyl halides is 3. The van der Waals surface area contributed by atoms with E-state index in [2.05, 4.69) is 4.74 Å². The Morgan fingerprint density at radius 3 is 2.41 bits per heavy atom. The van der Waals surface area contributed by atoms with E-state index in [0.29, 0.717) is 0 Å². The van der Waals surface area contributed by atoms with E-state index < -0.39 is 87.9 Å². The molecule has 2 saturated carbocycles. The van der Waals surface area contributed by atoms with Gasteiger partial charge in [-0.2, -0.15) is 21.6 Å². The molecule has 3 fully saturated rings. The highest BCUT2D eigenvalue weighted by atomic mass is 32.2. The summed E-state index contributed by atoms with van der Waals surface area (Å²) >= 11 is 0. The first-order valence-corrected chi connectivity index (χ1v) is 10.4. The predicted octanol–water partition coefficient (Wildman–Crippen LogP) is 0.724. The van der Waals surface area contributed by atoms with Gasteiger partial charge in [-0.25, -0.2) is 0 Å². The maximum Gasteiger partial charge on any atom is 0.426 e. The van der Waals surface area contributed by atoms with Crippen molar-refractivity contribution in [2.24, 2.45) is 29.6 Å². The Balaban J connectivity index is 1.82. The van der Waals surface area contributed by atoms with Gasteiger partial charge in [0.15, 0.2) is 0 Å². The fourth-order valence-corrected chi connectivity index (χ4v) is 4.97. The molecule has 2 aliphatic carbocycles. The van der Waals surface area contributed by atoms with Crippen molar-refractivity contribution in [1.29, 1.82) is 0 Å². The molecular formula is C16H19F3O9S. The van der Waals surface area contributed by atoms with Gasteiger partial charge < -0.3 is 14.2 Å². The van der Waals surface area contributed by atoms with Gasteiger partial charge in [0.05, 0.1) is 5.92 Å². The van der Waals surface area contributed by atoms with Crippen LogP contribution in [0.4, 0.5) is 13.2 Å². The molecule has 0 aromatic rings. The standard InChI is InChI=1S/C16H19F3O9S/c1-5(2)13(20)27-11-6-3-7-10(11)15(22)28-12(7)9(6)14(21)26-8(16(17,18)19)4-29(23,24)25/h5-12H,3-4H2,1-2H3,(H,23,24,25). The summed E-state index contributed by atoms with van der Waals surface area (Å²) in [6.45, 7) is 3.11. The Morgan fingerprint density at radius 2 is 1.90 bits per heavy atom. The molecule has 29 heavy (non-hydrogen) atoms. The third-order valence-corrected chi connectivity index (χ3v) is 6.25. The number of halogens is 3. The minimum absolute atomic E-state index is 0.214. The second kappa shape index (κ2) is 7.11. The van der Waals surface area contributed by atoms with Gasteiger partial charge in [-0.05, 0) is 6.42 Å². The van der Waals surface area contributed by atoms with Crippen molar-refractivity contribution < 1.29 is 54.7 Å². The van der Waals surface area contributed by atoms with E-state index in [1.165, 1.54) is 0 Å². The molecule has 1 saturated heterocycles. The summed E-state index contributed by atoms with van der Waals surface area (Å²) in [4.78, 5) is 36.6. The summed E-state index contributed by atoms with van der Waals surface area (Å²) in [7, 11) is -5.09. The first-order valence-electron chi connectivity index (χ1n) is 8.84. The number of carbonyl (C=O) groups is 3. The number of esters is 3. The summed E-state index contributed by atoms with van der Waals surface area (Å²) < 4.78 is 84.5. The molecule has 9 nitrogen and oxygen atoms in total. The van der Waals surface area contributed by atoms with Crippen molar-refractivity contribution in [2.75, 3.05) is 5.75 Å². The SMILES string of the molecule is CC(C)C(=O)OC1C2CC3C(OC(=O)C31)C2C(=O)OC(CS(=O)(=O)O)C(F)(F)F. The molecule has 7 atom stereocenters. The van der Waals surface area contributed by atoms with Crippen LogP contribution in [0.2, 0.25) is 0 Å². The zero-order valence-electron chi connectivity index (χ0n) is 15.3. The highest BCUT2D eigenvalue weighted by molar-refractivity contribution is 7.85. The topological polar surface area (TPSA) is 133 Å². The minimum Gasteiger partial charge on any atom is -0.461 e. The molecule has 0 aromatic carbocycles. The number of ether oxygens (including phenoxy) is 3. The molecule has 2 bridgehead atoms. The molecule has 0 spiro atoms. The maximum atomic E-state index is 13.1. The van der Waals surface area contributed by atoms with Crippen molar-refractivity contribution in [1.82, 2.24) is 0 Å². The zero-order valence-corrected chi connectivity index (χ0v) is 16.1. The van der Waals surface area contributed by atoms with Crippen molar-refractivity contribution in [3.05, 3.63) is 0 Å². The molecule has 1 aliphatic heterocycles. The molecule has 164 valence electrons. The average Bonchev–Trinajstić information content (AvgIpc) is 3.14. The van der Waals surface area contributed by atoms with Crippen LogP contribution in [0.1, 0.15) is 20.3 Å². The van der Waals surface area contributed by atoms with Crippen LogP contribution in [-0.4, -0.2) is 61.1 Å². The van der Waals surface area contributed by atoms with Crippen LogP contribution in [0, 0.1) is 29.6 Å². The van der Waals surface area contributed by atoms with E-state index in [9.17, 15) is 36.0 Å². The highest BCUT2D eigenvalue weighted by Gasteiger charge is 2.70. The van der Waals surface area contributed by atoms with Crippen LogP contribution in [-0.2, 0) is 38.7 Å². The van der Waals surface area contributed by atoms with Crippen molar-refractivity contribution in [3.63, 3.8) is 0 Å². The smallest absolute Gasteiger partial charge is 0.426 e. The molecule has 0 amide bonds. The quantitative estimate of drug-likeness (QED) is 0.357. The lowest BCUT2D eigenvalue weighted by molar-refractivity contribution is -0.220. The number of hydrogen-bond donors (Lipinski definition) is 1. The minimum atomic E-state index is -5.25. The summed E-state index contributed by atoms with van der Waals surface area (Å²) in [5.41, 5.74) is 0. The molecule has 3 rings (SSSR count). The molecule has 0 radical (unpaired) electrons. The van der Waals surface area contributed by atoms with Crippen molar-refractivity contribution in [2.45, 2.75) is 44.8 Å². The van der Waals surface area contributed by atoms with Gasteiger partial charge in [-0.3, -0.25) is 18.9 Å². The Morgan fingerprint density at radius 1 is 1.28 bits per heavy atom. The van der Waals surface area contributed by atoms with Crippen LogP contribution in [0.15, 0.2) is 0 Å². The number of carbonyl (C=O) groups excluding carboxylic acids is 3. The zero-order chi connectivity index (χ0) is 21.9. The van der Waals surface area contributed by atoms with Crippen LogP contribution in [0.3, 0.4) is 0 Å². The Kier molecular flexibility index (Phi) is 5.35. The third kappa shape index (κ3) is 4.06. The van der Waals surface area contributed by atoms with E-state index in [-0.39, 0.29) is 6.42 Å². The lowest BCUT2D eigenvalue weighted by atomic mass is 9.80. The molecule has 1 N–H and O–H groups in total. The normalized spacial score (nSPS) is 34.2. The van der Waals surface area contributed by atoms with Crippen LogP contribution in [0.5, 0.6) is 0 Å². The monoisotopic (exact) mass is 444 g/mol. The second-order valence-electron chi connectivity index (χ2n) is 7.79. The number of rotatable bonds is 6. The van der Waals surface area contributed by atoms with Gasteiger partial charge in [0.25, 0.3) is 10.1 Å². The summed E-state index contributed by atoms with van der Waals surface area (Å²) in [6, 6.07) is 0. The maximum absolute atomic E-state index is 13.1. The second-order valence-corrected chi connectivity index (χ2v) is 9.29. The summed E-state index contributed by atoms with van der Waals surface area (Å²) in [6.07, 6.45) is -10.2. The summed E-state index contributed by atoms with van der Waals surface area (Å²) in [5, 5.41) is 0. The van der Waals surface area contributed by atoms with Crippen LogP contribution < -0.4 is 0 Å². The van der Waals surface area contributed by atoms with Gasteiger partial charge in [-0.1, -0.05) is 13.8 Å². The fraction of sp³-hybridized carbons (Fsp3) is 0.812. The number of fused-ring (bicyclic) bond motifs is 1. The molecule has 0 aromatic heterocycles. The highest BCUT2D eigenvalue weighted by Crippen LogP contribution is 2.59. The third-order valence-electron chi connectivity index (χ3n) is 5.52. The molecule has 3 aliphatic rings. The molecule has 7 unspecified atom stereocenters. The van der Waals surface area contributed by atoms with E-state index in [0.717, 1.165) is 0 Å². The van der Waals surface area contributed by atoms with Gasteiger partial charge in [0.1, 0.15) is 29.8 Å². The van der Waals surface area contributed by atoms with Gasteiger partial charge in [-0.15, -0.1) is 0 Å². The molecular weight excluding hydrogens is 425 g/mol. The van der Waals surface area contributed by atoms with Crippen molar-refractivity contribution in [3.8, 4) is 0 Å². The van der Waals surface area contributed by atoms with Crippen LogP contribution in [0.25, 0.3) is 0 Å². The largest absolute Gasteiger partial charge is 0.461 e. The van der Waals surface area contributed by atoms with Gasteiger partial charge in [0.2, 0.25) is 6.10 Å². The van der Waals surface area contributed by atoms with Gasteiger partial charge >= 0.3 is 24.1 Å². The fourth-order valence-electron chi connectivity index (χ4n) is 4.33. The Bertz CT molecular complexity index is 822. The first-order chi connectivity index (χ1) is 13.2. The van der Waals surface area contributed by atoms with E-state index in [1.54, 1.807) is 13.8 Å². The van der Waals surface area contributed by atoms with Gasteiger partial charge in [0, 0.05) is 11.8 Å². The lowest BCUT2D eigenvalue weighted by Crippen LogP contribution is -2.47. The van der Waals surface area contributed by atoms with E-state index >= 15 is 0 Å². The summed E-state index contributed by atoms with van der Waals surface area (Å²) in [5.74, 6) is -8.59. The average molecular weight is 444 g/mol. The van der Waals surface area contributed by atoms with Crippen LogP contribution >= 0.6 is 0 Å². The Hall–Kier alpha value is -1.89. The van der Waals surface area contributed by atoms with E-state index in [4.69, 9.17) is 14.0 Å². The molecule has 1 heterocycles. The Labute approximate surface area is 163 Å². The van der Waals surface area contributed by atoms with E-state index in [1.807, 2.05) is 0 Å².